The summed E-state index contributed by atoms with van der Waals surface area (Å²) in [5.41, 5.74) is 5.52. The number of hydrogen-bond donors (Lipinski definition) is 2. The Hall–Kier alpha value is -0.420. The van der Waals surface area contributed by atoms with E-state index in [1.165, 1.54) is 0 Å². The lowest BCUT2D eigenvalue weighted by Crippen LogP contribution is -2.33. The molecule has 2 atom stereocenters. The molecule has 0 aliphatic heterocycles. The number of hydrogen-bond acceptors (Lipinski definition) is 2. The topological polar surface area (TPSA) is 46.2 Å². The third-order valence-corrected chi connectivity index (χ3v) is 3.85. The van der Waals surface area contributed by atoms with E-state index in [1.807, 2.05) is 0 Å². The second-order valence-corrected chi connectivity index (χ2v) is 5.28. The van der Waals surface area contributed by atoms with Crippen molar-refractivity contribution in [2.45, 2.75) is 37.8 Å². The van der Waals surface area contributed by atoms with Gasteiger partial charge in [-0.2, -0.15) is 0 Å². The van der Waals surface area contributed by atoms with Crippen molar-refractivity contribution in [1.82, 2.24) is 0 Å². The molecule has 0 unspecified atom stereocenters. The van der Waals surface area contributed by atoms with Gasteiger partial charge < -0.3 is 10.8 Å². The van der Waals surface area contributed by atoms with Crippen molar-refractivity contribution in [1.29, 1.82) is 0 Å². The van der Waals surface area contributed by atoms with Gasteiger partial charge >= 0.3 is 0 Å². The number of halogens is 4. The van der Waals surface area contributed by atoms with Gasteiger partial charge in [-0.05, 0) is 30.9 Å². The molecule has 108 valence electrons. The number of benzene rings is 1. The summed E-state index contributed by atoms with van der Waals surface area (Å²) >= 11 is 5.55. The van der Waals surface area contributed by atoms with Crippen molar-refractivity contribution in [3.8, 4) is 0 Å². The van der Waals surface area contributed by atoms with Crippen LogP contribution in [-0.2, 0) is 0 Å². The molecule has 2 rings (SSSR count). The van der Waals surface area contributed by atoms with Gasteiger partial charge in [0, 0.05) is 10.6 Å². The number of aliphatic hydroxyl groups is 1. The second kappa shape index (κ2) is 6.84. The van der Waals surface area contributed by atoms with Crippen LogP contribution >= 0.6 is 24.0 Å². The molecule has 1 fully saturated rings. The van der Waals surface area contributed by atoms with Crippen molar-refractivity contribution < 1.29 is 13.9 Å². The summed E-state index contributed by atoms with van der Waals surface area (Å²) in [6, 6.07) is 0.980. The van der Waals surface area contributed by atoms with Crippen LogP contribution in [0.25, 0.3) is 0 Å². The number of rotatable bonds is 3. The highest BCUT2D eigenvalue weighted by Gasteiger charge is 2.31. The summed E-state index contributed by atoms with van der Waals surface area (Å²) < 4.78 is 27.4. The molecular weight excluding hydrogens is 295 g/mol. The van der Waals surface area contributed by atoms with Crippen molar-refractivity contribution in [2.75, 3.05) is 0 Å². The Labute approximate surface area is 122 Å². The van der Waals surface area contributed by atoms with Gasteiger partial charge in [0.2, 0.25) is 0 Å². The molecule has 1 aliphatic rings. The summed E-state index contributed by atoms with van der Waals surface area (Å²) in [7, 11) is 0. The van der Waals surface area contributed by atoms with Gasteiger partial charge in [0.05, 0.1) is 12.1 Å². The minimum Gasteiger partial charge on any atom is -0.391 e. The minimum absolute atomic E-state index is 0. The predicted molar refractivity (Wildman–Crippen MR) is 73.5 cm³/mol. The molecule has 19 heavy (non-hydrogen) atoms. The van der Waals surface area contributed by atoms with E-state index in [0.717, 1.165) is 37.8 Å². The lowest BCUT2D eigenvalue weighted by molar-refractivity contribution is 0.0819. The van der Waals surface area contributed by atoms with E-state index < -0.39 is 23.8 Å². The largest absolute Gasteiger partial charge is 0.391 e. The van der Waals surface area contributed by atoms with Crippen molar-refractivity contribution >= 4 is 24.0 Å². The molecule has 1 aromatic carbocycles. The highest BCUT2D eigenvalue weighted by Crippen LogP contribution is 2.34. The smallest absolute Gasteiger partial charge is 0.132 e. The third kappa shape index (κ3) is 3.57. The summed E-state index contributed by atoms with van der Waals surface area (Å²) in [6.07, 6.45) is 2.84. The Kier molecular flexibility index (Phi) is 5.99. The van der Waals surface area contributed by atoms with Gasteiger partial charge in [-0.25, -0.2) is 8.78 Å². The average Bonchev–Trinajstić information content (AvgIpc) is 2.79. The van der Waals surface area contributed by atoms with E-state index in [2.05, 4.69) is 0 Å². The Bertz CT molecular complexity index is 416. The first-order chi connectivity index (χ1) is 8.50. The zero-order valence-electron chi connectivity index (χ0n) is 10.3. The Morgan fingerprint density at radius 2 is 1.68 bits per heavy atom. The maximum absolute atomic E-state index is 13.7. The quantitative estimate of drug-likeness (QED) is 0.896. The van der Waals surface area contributed by atoms with Crippen LogP contribution in [0.4, 0.5) is 8.78 Å². The van der Waals surface area contributed by atoms with Gasteiger partial charge in [-0.1, -0.05) is 24.4 Å². The molecule has 1 saturated carbocycles. The van der Waals surface area contributed by atoms with Crippen molar-refractivity contribution in [3.05, 3.63) is 34.4 Å². The maximum atomic E-state index is 13.7. The molecule has 0 bridgehead atoms. The molecule has 0 radical (unpaired) electrons. The predicted octanol–water partition coefficient (Wildman–Crippen LogP) is 3.59. The van der Waals surface area contributed by atoms with Crippen LogP contribution in [0.5, 0.6) is 0 Å². The van der Waals surface area contributed by atoms with Crippen LogP contribution in [0.3, 0.4) is 0 Å². The molecule has 0 spiro atoms. The molecular formula is C13H17Cl2F2NO. The zero-order chi connectivity index (χ0) is 13.3. The molecule has 1 aromatic rings. The van der Waals surface area contributed by atoms with Gasteiger partial charge in [0.25, 0.3) is 0 Å². The van der Waals surface area contributed by atoms with Crippen LogP contribution in [0.1, 0.15) is 37.3 Å². The molecule has 6 heteroatoms. The average molecular weight is 312 g/mol. The van der Waals surface area contributed by atoms with Gasteiger partial charge in [0.15, 0.2) is 0 Å². The van der Waals surface area contributed by atoms with Crippen molar-refractivity contribution in [3.63, 3.8) is 0 Å². The zero-order valence-corrected chi connectivity index (χ0v) is 11.9. The Balaban J connectivity index is 0.00000180. The van der Waals surface area contributed by atoms with Crippen LogP contribution in [0.15, 0.2) is 12.1 Å². The van der Waals surface area contributed by atoms with Gasteiger partial charge in [-0.3, -0.25) is 0 Å². The maximum Gasteiger partial charge on any atom is 0.132 e. The normalized spacial score (nSPS) is 19.0. The van der Waals surface area contributed by atoms with E-state index in [-0.39, 0.29) is 28.9 Å². The highest BCUT2D eigenvalue weighted by atomic mass is 35.5. The number of nitrogens with two attached hydrogens (primary N) is 1. The molecule has 0 aromatic heterocycles. The van der Waals surface area contributed by atoms with Crippen LogP contribution in [-0.4, -0.2) is 11.2 Å². The summed E-state index contributed by atoms with van der Waals surface area (Å²) in [4.78, 5) is 0. The van der Waals surface area contributed by atoms with Crippen molar-refractivity contribution in [2.24, 2.45) is 11.7 Å². The van der Waals surface area contributed by atoms with E-state index in [4.69, 9.17) is 17.3 Å². The van der Waals surface area contributed by atoms with E-state index in [1.54, 1.807) is 0 Å². The monoisotopic (exact) mass is 311 g/mol. The van der Waals surface area contributed by atoms with E-state index in [9.17, 15) is 13.9 Å². The second-order valence-electron chi connectivity index (χ2n) is 4.84. The first kappa shape index (κ1) is 16.6. The molecule has 3 N–H and O–H groups in total. The fourth-order valence-corrected chi connectivity index (χ4v) is 2.83. The van der Waals surface area contributed by atoms with Crippen LogP contribution in [0.2, 0.25) is 5.02 Å². The molecule has 0 saturated heterocycles. The van der Waals surface area contributed by atoms with E-state index in [0.29, 0.717) is 0 Å². The fourth-order valence-electron chi connectivity index (χ4n) is 2.63. The summed E-state index contributed by atoms with van der Waals surface area (Å²) in [5.74, 6) is -1.58. The van der Waals surface area contributed by atoms with Gasteiger partial charge in [0.1, 0.15) is 11.6 Å². The van der Waals surface area contributed by atoms with Gasteiger partial charge in [-0.15, -0.1) is 12.4 Å². The summed E-state index contributed by atoms with van der Waals surface area (Å²) in [6.45, 7) is 0. The highest BCUT2D eigenvalue weighted by molar-refractivity contribution is 6.30. The number of aliphatic hydroxyl groups excluding tert-OH is 1. The molecule has 1 aliphatic carbocycles. The van der Waals surface area contributed by atoms with Crippen LogP contribution < -0.4 is 5.73 Å². The minimum atomic E-state index is -1.05. The standard InChI is InChI=1S/C13H16ClF2NO.ClH/c14-8-5-9(15)11(10(16)6-8)12(17)13(18)7-3-1-2-4-7;/h5-7,12-13,18H,1-4,17H2;1H/t12-,13+;/m0./s1. The SMILES string of the molecule is Cl.N[C@@H](c1c(F)cc(Cl)cc1F)[C@H](O)C1CCCC1. The lowest BCUT2D eigenvalue weighted by atomic mass is 9.90. The Morgan fingerprint density at radius 1 is 1.21 bits per heavy atom. The molecule has 0 heterocycles. The lowest BCUT2D eigenvalue weighted by Gasteiger charge is -2.25. The summed E-state index contributed by atoms with van der Waals surface area (Å²) in [5, 5.41) is 10.1. The third-order valence-electron chi connectivity index (χ3n) is 3.63. The molecule has 0 amide bonds. The first-order valence-corrected chi connectivity index (χ1v) is 6.46. The van der Waals surface area contributed by atoms with Crippen LogP contribution in [0, 0.1) is 17.6 Å². The molecule has 2 nitrogen and oxygen atoms in total. The Morgan fingerprint density at radius 3 is 2.16 bits per heavy atom. The van der Waals surface area contributed by atoms with E-state index >= 15 is 0 Å². The fraction of sp³-hybridized carbons (Fsp3) is 0.538. The first-order valence-electron chi connectivity index (χ1n) is 6.09.